The van der Waals surface area contributed by atoms with Crippen LogP contribution in [0.1, 0.15) is 168 Å². The Morgan fingerprint density at radius 2 is 1.20 bits per heavy atom. The topological polar surface area (TPSA) is 102 Å². The maximum atomic E-state index is 12.3. The van der Waals surface area contributed by atoms with Crippen molar-refractivity contribution in [3.8, 4) is 0 Å². The Kier molecular flexibility index (Phi) is 18.2. The number of hydrogen-bond acceptors (Lipinski definition) is 7. The largest absolute Gasteiger partial charge is 0.455 e. The van der Waals surface area contributed by atoms with Crippen LogP contribution in [-0.4, -0.2) is 64.7 Å². The van der Waals surface area contributed by atoms with Gasteiger partial charge in [0, 0.05) is 18.4 Å². The van der Waals surface area contributed by atoms with Crippen molar-refractivity contribution in [2.75, 3.05) is 0 Å². The molecule has 0 unspecified atom stereocenters. The first-order valence-corrected chi connectivity index (χ1v) is 18.5. The van der Waals surface area contributed by atoms with E-state index in [2.05, 4.69) is 6.92 Å². The van der Waals surface area contributed by atoms with Crippen molar-refractivity contribution in [1.82, 2.24) is 0 Å². The van der Waals surface area contributed by atoms with E-state index in [0.717, 1.165) is 95.5 Å². The molecule has 2 fully saturated rings. The molecule has 0 amide bonds. The number of carbonyl (C=O) groups is 2. The molecule has 3 rings (SSSR count). The van der Waals surface area contributed by atoms with E-state index in [0.29, 0.717) is 25.0 Å². The number of unbranched alkanes of at least 4 members (excludes halogenated alkanes) is 12. The van der Waals surface area contributed by atoms with Crippen molar-refractivity contribution in [2.45, 2.75) is 211 Å². The molecule has 0 saturated carbocycles. The van der Waals surface area contributed by atoms with Gasteiger partial charge in [0.2, 0.25) is 0 Å². The van der Waals surface area contributed by atoms with Crippen LogP contribution in [0.25, 0.3) is 0 Å². The minimum Gasteiger partial charge on any atom is -0.455 e. The van der Waals surface area contributed by atoms with Crippen LogP contribution in [0.4, 0.5) is 0 Å². The highest BCUT2D eigenvalue weighted by Crippen LogP contribution is 2.34. The van der Waals surface area contributed by atoms with E-state index in [1.807, 2.05) is 13.0 Å². The fourth-order valence-electron chi connectivity index (χ4n) is 7.13. The molecule has 7 heteroatoms. The zero-order valence-electron chi connectivity index (χ0n) is 28.0. The van der Waals surface area contributed by atoms with Gasteiger partial charge in [0.05, 0.1) is 36.6 Å². The lowest BCUT2D eigenvalue weighted by Gasteiger charge is -2.24. The van der Waals surface area contributed by atoms with Crippen LogP contribution >= 0.6 is 0 Å². The van der Waals surface area contributed by atoms with Crippen LogP contribution in [0.5, 0.6) is 0 Å². The number of rotatable bonds is 25. The van der Waals surface area contributed by atoms with Gasteiger partial charge < -0.3 is 24.4 Å². The van der Waals surface area contributed by atoms with Crippen LogP contribution in [0.3, 0.4) is 0 Å². The summed E-state index contributed by atoms with van der Waals surface area (Å²) in [6, 6.07) is 0. The van der Waals surface area contributed by atoms with Gasteiger partial charge in [-0.1, -0.05) is 84.0 Å². The number of aliphatic hydroxyl groups excluding tert-OH is 2. The minimum atomic E-state index is -0.495. The number of carbonyl (C=O) groups excluding carboxylic acids is 2. The molecule has 7 nitrogen and oxygen atoms in total. The van der Waals surface area contributed by atoms with Gasteiger partial charge in [0.1, 0.15) is 11.9 Å². The Hall–Kier alpha value is -1.28. The van der Waals surface area contributed by atoms with Gasteiger partial charge >= 0.3 is 5.97 Å². The van der Waals surface area contributed by atoms with E-state index in [4.69, 9.17) is 14.2 Å². The Labute approximate surface area is 267 Å². The summed E-state index contributed by atoms with van der Waals surface area (Å²) in [5, 5.41) is 21.4. The molecule has 3 aliphatic heterocycles. The summed E-state index contributed by atoms with van der Waals surface area (Å²) in [6.07, 6.45) is 24.8. The zero-order valence-corrected chi connectivity index (χ0v) is 28.0. The van der Waals surface area contributed by atoms with Gasteiger partial charge in [-0.2, -0.15) is 0 Å². The van der Waals surface area contributed by atoms with E-state index in [1.54, 1.807) is 0 Å². The lowest BCUT2D eigenvalue weighted by atomic mass is 10.00. The van der Waals surface area contributed by atoms with E-state index in [1.165, 1.54) is 44.9 Å². The molecule has 3 heterocycles. The number of aliphatic hydroxyl groups is 2. The van der Waals surface area contributed by atoms with Crippen LogP contribution in [-0.2, 0) is 23.8 Å². The normalized spacial score (nSPS) is 26.6. The first-order valence-electron chi connectivity index (χ1n) is 18.5. The second-order valence-electron chi connectivity index (χ2n) is 13.8. The van der Waals surface area contributed by atoms with Crippen molar-refractivity contribution in [1.29, 1.82) is 0 Å². The predicted molar refractivity (Wildman–Crippen MR) is 174 cm³/mol. The van der Waals surface area contributed by atoms with Crippen LogP contribution in [0.15, 0.2) is 11.6 Å². The second-order valence-corrected chi connectivity index (χ2v) is 13.8. The Bertz CT molecular complexity index is 842. The third kappa shape index (κ3) is 14.0. The lowest BCUT2D eigenvalue weighted by molar-refractivity contribution is -0.139. The van der Waals surface area contributed by atoms with Crippen molar-refractivity contribution in [3.63, 3.8) is 0 Å². The predicted octanol–water partition coefficient (Wildman–Crippen LogP) is 8.07. The van der Waals surface area contributed by atoms with E-state index in [-0.39, 0.29) is 42.6 Å². The first kappa shape index (κ1) is 37.2. The number of ketones is 1. The molecule has 254 valence electrons. The molecule has 2 saturated heterocycles. The standard InChI is InChI=1S/C37H64O7/c1-3-4-5-6-7-8-12-15-21-31(39)33-23-25-35(43-33)36-26-24-34(44-36)32(40)22-17-16-20-30(38)19-14-11-9-10-13-18-29-27-28(2)42-37(29)41/h27-28,31-36,39-40H,3-26H2,1-2H3/t28-,31-,32+,33+,34+,35+,36+/m0/s1. The van der Waals surface area contributed by atoms with Gasteiger partial charge in [-0.05, 0) is 77.2 Å². The second kappa shape index (κ2) is 21.5. The molecule has 0 radical (unpaired) electrons. The summed E-state index contributed by atoms with van der Waals surface area (Å²) in [5.74, 6) is 0.158. The molecule has 0 aromatic rings. The number of cyclic esters (lactones) is 1. The van der Waals surface area contributed by atoms with Gasteiger partial charge in [-0.3, -0.25) is 4.79 Å². The highest BCUT2D eigenvalue weighted by Gasteiger charge is 2.40. The maximum Gasteiger partial charge on any atom is 0.334 e. The molecule has 3 aliphatic rings. The van der Waals surface area contributed by atoms with E-state index < -0.39 is 6.10 Å². The molecule has 44 heavy (non-hydrogen) atoms. The molecule has 0 bridgehead atoms. The molecule has 0 aromatic heterocycles. The average molecular weight is 621 g/mol. The maximum absolute atomic E-state index is 12.3. The monoisotopic (exact) mass is 620 g/mol. The van der Waals surface area contributed by atoms with Crippen LogP contribution in [0, 0.1) is 0 Å². The summed E-state index contributed by atoms with van der Waals surface area (Å²) in [6.45, 7) is 4.13. The van der Waals surface area contributed by atoms with Crippen LogP contribution < -0.4 is 0 Å². The van der Waals surface area contributed by atoms with E-state index >= 15 is 0 Å². The first-order chi connectivity index (χ1) is 21.4. The molecule has 0 aliphatic carbocycles. The quantitative estimate of drug-likeness (QED) is 0.0786. The molecular formula is C37H64O7. The van der Waals surface area contributed by atoms with Gasteiger partial charge in [-0.25, -0.2) is 4.79 Å². The molecule has 0 aromatic carbocycles. The Balaban J connectivity index is 1.15. The van der Waals surface area contributed by atoms with Crippen LogP contribution in [0.2, 0.25) is 0 Å². The number of hydrogen-bond donors (Lipinski definition) is 2. The summed E-state index contributed by atoms with van der Waals surface area (Å²) in [7, 11) is 0. The summed E-state index contributed by atoms with van der Waals surface area (Å²) < 4.78 is 17.6. The van der Waals surface area contributed by atoms with Gasteiger partial charge in [0.15, 0.2) is 0 Å². The number of esters is 1. The highest BCUT2D eigenvalue weighted by molar-refractivity contribution is 5.90. The van der Waals surface area contributed by atoms with Gasteiger partial charge in [-0.15, -0.1) is 0 Å². The van der Waals surface area contributed by atoms with Crippen molar-refractivity contribution in [2.24, 2.45) is 0 Å². The summed E-state index contributed by atoms with van der Waals surface area (Å²) >= 11 is 0. The lowest BCUT2D eigenvalue weighted by Crippen LogP contribution is -2.33. The highest BCUT2D eigenvalue weighted by atomic mass is 16.6. The zero-order chi connectivity index (χ0) is 31.6. The SMILES string of the molecule is CCCCCCCCCC[C@H](O)[C@H]1CC[C@H]([C@H]2CC[C@H]([C@H](O)CCCCC(=O)CCCCCCCC3=C[C@H](C)OC3=O)O2)O1. The van der Waals surface area contributed by atoms with E-state index in [9.17, 15) is 19.8 Å². The summed E-state index contributed by atoms with van der Waals surface area (Å²) in [5.41, 5.74) is 0.814. The Morgan fingerprint density at radius 3 is 1.75 bits per heavy atom. The number of Topliss-reactive ketones (excluding diaryl/α,β-unsaturated/α-hetero) is 1. The molecule has 0 spiro atoms. The average Bonchev–Trinajstić information content (AvgIpc) is 3.76. The smallest absolute Gasteiger partial charge is 0.334 e. The van der Waals surface area contributed by atoms with Crippen molar-refractivity contribution >= 4 is 11.8 Å². The third-order valence-corrected chi connectivity index (χ3v) is 9.90. The van der Waals surface area contributed by atoms with Gasteiger partial charge in [0.25, 0.3) is 0 Å². The fourth-order valence-corrected chi connectivity index (χ4v) is 7.13. The van der Waals surface area contributed by atoms with Crippen molar-refractivity contribution in [3.05, 3.63) is 11.6 Å². The molecule has 7 atom stereocenters. The number of ether oxygens (including phenoxy) is 3. The molecule has 2 N–H and O–H groups in total. The minimum absolute atomic E-state index is 0.0107. The molecular weight excluding hydrogens is 556 g/mol. The fraction of sp³-hybridized carbons (Fsp3) is 0.892. The van der Waals surface area contributed by atoms with Crippen molar-refractivity contribution < 1.29 is 34.0 Å². The third-order valence-electron chi connectivity index (χ3n) is 9.90. The Morgan fingerprint density at radius 1 is 0.727 bits per heavy atom. The summed E-state index contributed by atoms with van der Waals surface area (Å²) in [4.78, 5) is 23.9.